The van der Waals surface area contributed by atoms with E-state index in [0.29, 0.717) is 11.3 Å². The summed E-state index contributed by atoms with van der Waals surface area (Å²) in [5.74, 6) is 0.709. The van der Waals surface area contributed by atoms with Gasteiger partial charge in [0.15, 0.2) is 0 Å². The molecule has 1 heterocycles. The lowest BCUT2D eigenvalue weighted by atomic mass is 9.71. The molecule has 0 aliphatic heterocycles. The van der Waals surface area contributed by atoms with Gasteiger partial charge in [0, 0.05) is 12.2 Å². The van der Waals surface area contributed by atoms with E-state index in [1.807, 2.05) is 31.3 Å². The minimum atomic E-state index is -0.109. The molecule has 2 rings (SSSR count). The molecule has 1 aliphatic carbocycles. The molecule has 0 amide bonds. The Kier molecular flexibility index (Phi) is 4.82. The van der Waals surface area contributed by atoms with Gasteiger partial charge < -0.3 is 10.5 Å². The molecule has 0 saturated heterocycles. The Morgan fingerprint density at radius 3 is 2.65 bits per heavy atom. The number of nitrogens with zero attached hydrogens (tertiary/aromatic N) is 1. The highest BCUT2D eigenvalue weighted by molar-refractivity contribution is 5.09. The number of rotatable bonds is 4. The summed E-state index contributed by atoms with van der Waals surface area (Å²) >= 11 is 0. The Bertz CT molecular complexity index is 416. The number of ether oxygens (including phenoxy) is 1. The molecule has 1 aromatic heterocycles. The minimum Gasteiger partial charge on any atom is -0.367 e. The van der Waals surface area contributed by atoms with E-state index >= 15 is 0 Å². The van der Waals surface area contributed by atoms with Crippen molar-refractivity contribution >= 4 is 0 Å². The zero-order valence-corrected chi connectivity index (χ0v) is 13.2. The number of nitrogens with two attached hydrogens (primary N) is 1. The number of hydrogen-bond donors (Lipinski definition) is 1. The van der Waals surface area contributed by atoms with Crippen LogP contribution in [-0.4, -0.2) is 17.1 Å². The molecule has 0 bridgehead atoms. The molecular weight excluding hydrogens is 248 g/mol. The fraction of sp³-hybridized carbons (Fsp3) is 0.706. The Balaban J connectivity index is 2.09. The monoisotopic (exact) mass is 276 g/mol. The predicted molar refractivity (Wildman–Crippen MR) is 82.3 cm³/mol. The summed E-state index contributed by atoms with van der Waals surface area (Å²) in [5.41, 5.74) is 7.42. The molecule has 4 unspecified atom stereocenters. The van der Waals surface area contributed by atoms with Crippen LogP contribution in [0.1, 0.15) is 58.8 Å². The topological polar surface area (TPSA) is 48.1 Å². The average Bonchev–Trinajstić information content (AvgIpc) is 2.34. The van der Waals surface area contributed by atoms with E-state index < -0.39 is 0 Å². The third-order valence-corrected chi connectivity index (χ3v) is 4.14. The molecule has 0 spiro atoms. The Morgan fingerprint density at radius 2 is 2.10 bits per heavy atom. The SMILES string of the molecule is CC1CC(OC(c2ccccn2)C(C)N)CC(C)(C)C1. The fourth-order valence-corrected chi connectivity index (χ4v) is 3.58. The summed E-state index contributed by atoms with van der Waals surface area (Å²) in [7, 11) is 0. The normalized spacial score (nSPS) is 28.9. The summed E-state index contributed by atoms with van der Waals surface area (Å²) in [6, 6.07) is 5.87. The molecule has 4 atom stereocenters. The second-order valence-corrected chi connectivity index (χ2v) is 7.21. The first kappa shape index (κ1) is 15.5. The highest BCUT2D eigenvalue weighted by atomic mass is 16.5. The van der Waals surface area contributed by atoms with Gasteiger partial charge in [0.05, 0.1) is 11.8 Å². The molecule has 3 heteroatoms. The van der Waals surface area contributed by atoms with Crippen molar-refractivity contribution in [2.45, 2.75) is 65.2 Å². The summed E-state index contributed by atoms with van der Waals surface area (Å²) in [6.45, 7) is 8.98. The van der Waals surface area contributed by atoms with E-state index in [1.54, 1.807) is 0 Å². The van der Waals surface area contributed by atoms with Gasteiger partial charge in [-0.25, -0.2) is 0 Å². The van der Waals surface area contributed by atoms with Crippen LogP contribution in [0.3, 0.4) is 0 Å². The van der Waals surface area contributed by atoms with Gasteiger partial charge in [0.25, 0.3) is 0 Å². The molecule has 0 aromatic carbocycles. The van der Waals surface area contributed by atoms with Crippen molar-refractivity contribution in [1.29, 1.82) is 0 Å². The number of pyridine rings is 1. The van der Waals surface area contributed by atoms with Crippen LogP contribution < -0.4 is 5.73 Å². The summed E-state index contributed by atoms with van der Waals surface area (Å²) in [4.78, 5) is 4.42. The van der Waals surface area contributed by atoms with E-state index in [-0.39, 0.29) is 18.2 Å². The van der Waals surface area contributed by atoms with Gasteiger partial charge in [-0.1, -0.05) is 26.8 Å². The van der Waals surface area contributed by atoms with Crippen LogP contribution in [0.15, 0.2) is 24.4 Å². The quantitative estimate of drug-likeness (QED) is 0.912. The molecule has 1 fully saturated rings. The van der Waals surface area contributed by atoms with Crippen molar-refractivity contribution in [3.8, 4) is 0 Å². The Labute approximate surface area is 122 Å². The lowest BCUT2D eigenvalue weighted by molar-refractivity contribution is -0.0753. The molecule has 20 heavy (non-hydrogen) atoms. The van der Waals surface area contributed by atoms with Crippen LogP contribution in [0.25, 0.3) is 0 Å². The van der Waals surface area contributed by atoms with Crippen molar-refractivity contribution < 1.29 is 4.74 Å². The van der Waals surface area contributed by atoms with Crippen LogP contribution in [-0.2, 0) is 4.74 Å². The smallest absolute Gasteiger partial charge is 0.115 e. The first-order valence-electron chi connectivity index (χ1n) is 7.69. The van der Waals surface area contributed by atoms with Crippen molar-refractivity contribution in [2.24, 2.45) is 17.1 Å². The number of aromatic nitrogens is 1. The zero-order valence-electron chi connectivity index (χ0n) is 13.2. The first-order valence-corrected chi connectivity index (χ1v) is 7.69. The van der Waals surface area contributed by atoms with Gasteiger partial charge in [-0.05, 0) is 49.7 Å². The van der Waals surface area contributed by atoms with Crippen LogP contribution in [0.4, 0.5) is 0 Å². The van der Waals surface area contributed by atoms with Crippen molar-refractivity contribution in [1.82, 2.24) is 4.98 Å². The van der Waals surface area contributed by atoms with E-state index in [0.717, 1.165) is 18.5 Å². The van der Waals surface area contributed by atoms with E-state index in [1.165, 1.54) is 6.42 Å². The Hall–Kier alpha value is -0.930. The van der Waals surface area contributed by atoms with Crippen LogP contribution in [0.5, 0.6) is 0 Å². The largest absolute Gasteiger partial charge is 0.367 e. The van der Waals surface area contributed by atoms with E-state index in [4.69, 9.17) is 10.5 Å². The zero-order chi connectivity index (χ0) is 14.8. The van der Waals surface area contributed by atoms with Crippen molar-refractivity contribution in [3.63, 3.8) is 0 Å². The van der Waals surface area contributed by atoms with Gasteiger partial charge in [0.2, 0.25) is 0 Å². The molecule has 3 nitrogen and oxygen atoms in total. The lowest BCUT2D eigenvalue weighted by Gasteiger charge is -2.40. The van der Waals surface area contributed by atoms with E-state index in [2.05, 4.69) is 25.8 Å². The summed E-state index contributed by atoms with van der Waals surface area (Å²) in [5, 5.41) is 0. The third kappa shape index (κ3) is 4.03. The van der Waals surface area contributed by atoms with Crippen LogP contribution in [0.2, 0.25) is 0 Å². The Morgan fingerprint density at radius 1 is 1.35 bits per heavy atom. The summed E-state index contributed by atoms with van der Waals surface area (Å²) < 4.78 is 6.36. The van der Waals surface area contributed by atoms with Gasteiger partial charge in [-0.3, -0.25) is 4.98 Å². The van der Waals surface area contributed by atoms with Crippen molar-refractivity contribution in [2.75, 3.05) is 0 Å². The molecule has 2 N–H and O–H groups in total. The average molecular weight is 276 g/mol. The van der Waals surface area contributed by atoms with Gasteiger partial charge in [-0.15, -0.1) is 0 Å². The second-order valence-electron chi connectivity index (χ2n) is 7.21. The molecule has 112 valence electrons. The van der Waals surface area contributed by atoms with Gasteiger partial charge in [-0.2, -0.15) is 0 Å². The second kappa shape index (κ2) is 6.23. The minimum absolute atomic E-state index is 0.0507. The first-order chi connectivity index (χ1) is 9.37. The van der Waals surface area contributed by atoms with Crippen molar-refractivity contribution in [3.05, 3.63) is 30.1 Å². The van der Waals surface area contributed by atoms with Gasteiger partial charge >= 0.3 is 0 Å². The fourth-order valence-electron chi connectivity index (χ4n) is 3.58. The highest BCUT2D eigenvalue weighted by Gasteiger charge is 2.34. The molecule has 1 aromatic rings. The maximum absolute atomic E-state index is 6.36. The molecular formula is C17H28N2O. The van der Waals surface area contributed by atoms with Crippen LogP contribution >= 0.6 is 0 Å². The molecule has 1 saturated carbocycles. The maximum atomic E-state index is 6.36. The van der Waals surface area contributed by atoms with Crippen LogP contribution in [0, 0.1) is 11.3 Å². The summed E-state index contributed by atoms with van der Waals surface area (Å²) in [6.07, 6.45) is 5.49. The van der Waals surface area contributed by atoms with Gasteiger partial charge in [0.1, 0.15) is 6.10 Å². The third-order valence-electron chi connectivity index (χ3n) is 4.14. The predicted octanol–water partition coefficient (Wildman–Crippen LogP) is 3.70. The molecule has 1 aliphatic rings. The molecule has 0 radical (unpaired) electrons. The van der Waals surface area contributed by atoms with E-state index in [9.17, 15) is 0 Å². The highest BCUT2D eigenvalue weighted by Crippen LogP contribution is 2.41. The maximum Gasteiger partial charge on any atom is 0.115 e. The number of hydrogen-bond acceptors (Lipinski definition) is 3. The lowest BCUT2D eigenvalue weighted by Crippen LogP contribution is -2.37. The standard InChI is InChI=1S/C17H28N2O/c1-12-9-14(11-17(3,4)10-12)20-16(13(2)18)15-7-5-6-8-19-15/h5-8,12-14,16H,9-11,18H2,1-4H3.